The number of alkyl halides is 3. The van der Waals surface area contributed by atoms with E-state index >= 15 is 0 Å². The second kappa shape index (κ2) is 7.85. The number of nitrogens with zero attached hydrogens (tertiary/aromatic N) is 3. The average Bonchev–Trinajstić information content (AvgIpc) is 3.50. The molecular weight excluding hydrogens is 477 g/mol. The van der Waals surface area contributed by atoms with Gasteiger partial charge in [0.15, 0.2) is 0 Å². The number of benzene rings is 2. The molecule has 6 nitrogen and oxygen atoms in total. The zero-order valence-corrected chi connectivity index (χ0v) is 19.3. The molecule has 0 bridgehead atoms. The first-order valence-corrected chi connectivity index (χ1v) is 12.2. The molecule has 0 unspecified atom stereocenters. The van der Waals surface area contributed by atoms with Crippen LogP contribution in [0.5, 0.6) is 0 Å². The number of hydrogen-bond acceptors (Lipinski definition) is 4. The zero-order valence-electron chi connectivity index (χ0n) is 18.5. The van der Waals surface area contributed by atoms with Crippen molar-refractivity contribution in [1.29, 1.82) is 5.26 Å². The molecule has 1 fully saturated rings. The Morgan fingerprint density at radius 2 is 1.74 bits per heavy atom. The van der Waals surface area contributed by atoms with E-state index in [-0.39, 0.29) is 16.6 Å². The minimum atomic E-state index is -4.61. The Hall–Kier alpha value is -3.84. The lowest BCUT2D eigenvalue weighted by Gasteiger charge is -2.14. The van der Waals surface area contributed by atoms with Crippen molar-refractivity contribution in [3.63, 3.8) is 0 Å². The van der Waals surface area contributed by atoms with Crippen molar-refractivity contribution >= 4 is 26.7 Å². The molecule has 0 aliphatic heterocycles. The van der Waals surface area contributed by atoms with Gasteiger partial charge in [-0.05, 0) is 50.1 Å². The van der Waals surface area contributed by atoms with E-state index in [1.807, 2.05) is 6.07 Å². The maximum absolute atomic E-state index is 13.4. The molecule has 2 aromatic carbocycles. The van der Waals surface area contributed by atoms with Gasteiger partial charge in [-0.15, -0.1) is 0 Å². The van der Waals surface area contributed by atoms with Crippen molar-refractivity contribution < 1.29 is 21.6 Å². The highest BCUT2D eigenvalue weighted by Crippen LogP contribution is 2.44. The lowest BCUT2D eigenvalue weighted by molar-refractivity contribution is -0.137. The Labute approximate surface area is 199 Å². The van der Waals surface area contributed by atoms with Gasteiger partial charge in [-0.1, -0.05) is 30.3 Å². The third-order valence-corrected chi connectivity index (χ3v) is 8.49. The Morgan fingerprint density at radius 1 is 1.09 bits per heavy atom. The van der Waals surface area contributed by atoms with Crippen molar-refractivity contribution in [1.82, 2.24) is 9.55 Å². The van der Waals surface area contributed by atoms with Crippen LogP contribution in [0.3, 0.4) is 0 Å². The van der Waals surface area contributed by atoms with Crippen LogP contribution in [-0.4, -0.2) is 22.7 Å². The molecule has 0 amide bonds. The number of nitriles is 1. The summed E-state index contributed by atoms with van der Waals surface area (Å²) in [6.07, 6.45) is -2.67. The largest absolute Gasteiger partial charge is 0.417 e. The number of nitrogens with one attached hydrogen (secondary N) is 1. The molecule has 0 saturated heterocycles. The smallest absolute Gasteiger partial charge is 0.293 e. The Bertz CT molecular complexity index is 1580. The Kier molecular flexibility index (Phi) is 5.14. The van der Waals surface area contributed by atoms with Crippen molar-refractivity contribution in [3.05, 3.63) is 78.0 Å². The van der Waals surface area contributed by atoms with Gasteiger partial charge < -0.3 is 0 Å². The topological polar surface area (TPSA) is 87.8 Å². The summed E-state index contributed by atoms with van der Waals surface area (Å²) >= 11 is 0. The van der Waals surface area contributed by atoms with Gasteiger partial charge in [0, 0.05) is 28.5 Å². The van der Waals surface area contributed by atoms with Crippen LogP contribution in [0, 0.1) is 11.3 Å². The van der Waals surface area contributed by atoms with Crippen LogP contribution in [-0.2, 0) is 16.2 Å². The lowest BCUT2D eigenvalue weighted by atomic mass is 10.1. The summed E-state index contributed by atoms with van der Waals surface area (Å²) in [5.74, 6) is 0. The van der Waals surface area contributed by atoms with E-state index in [1.165, 1.54) is 0 Å². The number of sulfonamides is 1. The number of pyridine rings is 1. The predicted octanol–water partition coefficient (Wildman–Crippen LogP) is 5.88. The molecule has 10 heteroatoms. The maximum Gasteiger partial charge on any atom is 0.417 e. The molecule has 0 spiro atoms. The Morgan fingerprint density at radius 3 is 2.31 bits per heavy atom. The van der Waals surface area contributed by atoms with Crippen LogP contribution >= 0.6 is 0 Å². The van der Waals surface area contributed by atoms with Gasteiger partial charge in [0.2, 0.25) is 10.0 Å². The number of halogens is 3. The second-order valence-corrected chi connectivity index (χ2v) is 10.9. The monoisotopic (exact) mass is 496 g/mol. The van der Waals surface area contributed by atoms with Gasteiger partial charge in [0.1, 0.15) is 11.7 Å². The van der Waals surface area contributed by atoms with E-state index in [9.17, 15) is 26.9 Å². The summed E-state index contributed by atoms with van der Waals surface area (Å²) in [7, 11) is -3.54. The number of rotatable bonds is 5. The highest BCUT2D eigenvalue weighted by Gasteiger charge is 2.50. The number of fused-ring (bicyclic) bond motifs is 1. The fourth-order valence-corrected chi connectivity index (χ4v) is 5.29. The molecule has 0 radical (unpaired) electrons. The summed E-state index contributed by atoms with van der Waals surface area (Å²) in [5.41, 5.74) is 1.18. The fraction of sp³-hybridized carbons (Fsp3) is 0.200. The summed E-state index contributed by atoms with van der Waals surface area (Å²) in [6, 6.07) is 18.3. The van der Waals surface area contributed by atoms with E-state index in [2.05, 4.69) is 9.71 Å². The minimum Gasteiger partial charge on any atom is -0.293 e. The normalized spacial score (nSPS) is 15.1. The highest BCUT2D eigenvalue weighted by atomic mass is 32.2. The number of para-hydroxylation sites is 1. The molecule has 1 N–H and O–H groups in total. The average molecular weight is 497 g/mol. The highest BCUT2D eigenvalue weighted by molar-refractivity contribution is 7.94. The standard InChI is InChI=1S/C25H19F3N4O2S/c1-24(11-12-24)35(33,34)31-18-9-7-16(8-10-18)22-21(14-29)20-13-17(25(26,27)28)15-30-23(20)32(22)19-5-3-2-4-6-19/h2-10,13,15,31H,11-12H2,1H3. The zero-order chi connectivity index (χ0) is 25.0. The van der Waals surface area contributed by atoms with Crippen molar-refractivity contribution in [2.24, 2.45) is 0 Å². The van der Waals surface area contributed by atoms with Crippen LogP contribution in [0.2, 0.25) is 0 Å². The van der Waals surface area contributed by atoms with Crippen LogP contribution in [0.15, 0.2) is 66.9 Å². The van der Waals surface area contributed by atoms with Gasteiger partial charge in [0.05, 0.1) is 21.6 Å². The van der Waals surface area contributed by atoms with Crippen LogP contribution in [0.1, 0.15) is 30.9 Å². The quantitative estimate of drug-likeness (QED) is 0.374. The summed E-state index contributed by atoms with van der Waals surface area (Å²) < 4.78 is 68.7. The molecule has 2 aromatic heterocycles. The number of aromatic nitrogens is 2. The van der Waals surface area contributed by atoms with Gasteiger partial charge in [0.25, 0.3) is 0 Å². The Balaban J connectivity index is 1.68. The molecular formula is C25H19F3N4O2S. The molecule has 0 atom stereocenters. The van der Waals surface area contributed by atoms with E-state index in [4.69, 9.17) is 0 Å². The van der Waals surface area contributed by atoms with Crippen LogP contribution in [0.4, 0.5) is 18.9 Å². The second-order valence-electron chi connectivity index (χ2n) is 8.73. The molecule has 1 aliphatic carbocycles. The molecule has 35 heavy (non-hydrogen) atoms. The minimum absolute atomic E-state index is 0.0428. The molecule has 1 saturated carbocycles. The van der Waals surface area contributed by atoms with Gasteiger partial charge in [-0.25, -0.2) is 13.4 Å². The lowest BCUT2D eigenvalue weighted by Crippen LogP contribution is -2.26. The number of hydrogen-bond donors (Lipinski definition) is 1. The third-order valence-electron chi connectivity index (χ3n) is 6.28. The first-order chi connectivity index (χ1) is 16.5. The van der Waals surface area contributed by atoms with Gasteiger partial charge in [-0.2, -0.15) is 18.4 Å². The number of anilines is 1. The summed E-state index contributed by atoms with van der Waals surface area (Å²) in [5, 5.41) is 10.0. The molecule has 1 aliphatic rings. The van der Waals surface area contributed by atoms with Gasteiger partial charge >= 0.3 is 6.18 Å². The van der Waals surface area contributed by atoms with E-state index < -0.39 is 26.5 Å². The van der Waals surface area contributed by atoms with Crippen LogP contribution < -0.4 is 4.72 Å². The SMILES string of the molecule is CC1(S(=O)(=O)Nc2ccc(-c3c(C#N)c4cc(C(F)(F)F)cnc4n3-c3ccccc3)cc2)CC1. The van der Waals surface area contributed by atoms with Gasteiger partial charge in [-0.3, -0.25) is 9.29 Å². The van der Waals surface area contributed by atoms with Crippen molar-refractivity contribution in [2.45, 2.75) is 30.7 Å². The summed E-state index contributed by atoms with van der Waals surface area (Å²) in [6.45, 7) is 1.68. The molecule has 5 rings (SSSR count). The van der Waals surface area contributed by atoms with E-state index in [1.54, 1.807) is 66.1 Å². The fourth-order valence-electron chi connectivity index (χ4n) is 3.95. The third kappa shape index (κ3) is 3.91. The van der Waals surface area contributed by atoms with Crippen molar-refractivity contribution in [2.75, 3.05) is 4.72 Å². The van der Waals surface area contributed by atoms with Crippen molar-refractivity contribution in [3.8, 4) is 23.0 Å². The molecule has 4 aromatic rings. The summed E-state index contributed by atoms with van der Waals surface area (Å²) in [4.78, 5) is 4.08. The predicted molar refractivity (Wildman–Crippen MR) is 126 cm³/mol. The first-order valence-electron chi connectivity index (χ1n) is 10.7. The van der Waals surface area contributed by atoms with Crippen LogP contribution in [0.25, 0.3) is 28.0 Å². The molecule has 2 heterocycles. The van der Waals surface area contributed by atoms with E-state index in [0.717, 1.165) is 12.3 Å². The maximum atomic E-state index is 13.4. The van der Waals surface area contributed by atoms with E-state index in [0.29, 0.717) is 35.5 Å². The molecule has 178 valence electrons. The first kappa shape index (κ1) is 22.9.